The van der Waals surface area contributed by atoms with Crippen LogP contribution < -0.4 is 5.32 Å². The second-order valence-corrected chi connectivity index (χ2v) is 9.66. The van der Waals surface area contributed by atoms with Gasteiger partial charge in [-0.15, -0.1) is 0 Å². The second kappa shape index (κ2) is 5.29. The van der Waals surface area contributed by atoms with Crippen molar-refractivity contribution < 1.29 is 4.79 Å². The van der Waals surface area contributed by atoms with Gasteiger partial charge in [0.1, 0.15) is 0 Å². The fourth-order valence-corrected chi connectivity index (χ4v) is 7.08. The zero-order chi connectivity index (χ0) is 16.3. The number of hydrogen-bond donors (Lipinski definition) is 1. The fourth-order valence-electron chi connectivity index (χ4n) is 6.10. The number of aromatic nitrogens is 1. The zero-order valence-corrected chi connectivity index (χ0v) is 15.0. The number of anilines is 1. The summed E-state index contributed by atoms with van der Waals surface area (Å²) in [5.74, 6) is 2.87. The highest BCUT2D eigenvalue weighted by Gasteiger charge is 2.51. The van der Waals surface area contributed by atoms with Crippen LogP contribution in [0, 0.1) is 30.1 Å². The SMILES string of the molecule is Cc1ccc2nc(NC(=O)CC34CC5CC(CC(C5)C3)C4)sc2c1. The van der Waals surface area contributed by atoms with Crippen molar-refractivity contribution in [2.45, 2.75) is 51.9 Å². The molecule has 4 bridgehead atoms. The maximum Gasteiger partial charge on any atom is 0.226 e. The summed E-state index contributed by atoms with van der Waals surface area (Å²) in [6.45, 7) is 2.09. The molecular formula is C20H24N2OS. The number of hydrogen-bond acceptors (Lipinski definition) is 3. The molecule has 1 aromatic carbocycles. The molecule has 0 aliphatic heterocycles. The largest absolute Gasteiger partial charge is 0.302 e. The number of fused-ring (bicyclic) bond motifs is 1. The number of thiazole rings is 1. The summed E-state index contributed by atoms with van der Waals surface area (Å²) < 4.78 is 1.15. The van der Waals surface area contributed by atoms with Crippen molar-refractivity contribution in [3.05, 3.63) is 23.8 Å². The van der Waals surface area contributed by atoms with Gasteiger partial charge in [-0.1, -0.05) is 17.4 Å². The first kappa shape index (κ1) is 14.9. The molecule has 4 saturated carbocycles. The smallest absolute Gasteiger partial charge is 0.226 e. The Hall–Kier alpha value is -1.42. The number of aryl methyl sites for hydroxylation is 1. The Bertz CT molecular complexity index is 774. The van der Waals surface area contributed by atoms with E-state index in [1.165, 1.54) is 44.1 Å². The summed E-state index contributed by atoms with van der Waals surface area (Å²) in [6.07, 6.45) is 8.84. The number of carbonyl (C=O) groups is 1. The molecule has 4 aliphatic rings. The highest BCUT2D eigenvalue weighted by atomic mass is 32.1. The van der Waals surface area contributed by atoms with Crippen molar-refractivity contribution in [2.75, 3.05) is 5.32 Å². The molecule has 6 rings (SSSR count). The molecule has 4 fully saturated rings. The van der Waals surface area contributed by atoms with Crippen LogP contribution in [-0.2, 0) is 4.79 Å². The Morgan fingerprint density at radius 2 is 1.88 bits per heavy atom. The summed E-state index contributed by atoms with van der Waals surface area (Å²) >= 11 is 1.59. The predicted molar refractivity (Wildman–Crippen MR) is 98.2 cm³/mol. The number of carbonyl (C=O) groups excluding carboxylic acids is 1. The van der Waals surface area contributed by atoms with Gasteiger partial charge in [0.05, 0.1) is 10.2 Å². The molecule has 24 heavy (non-hydrogen) atoms. The van der Waals surface area contributed by atoms with Crippen LogP contribution in [0.5, 0.6) is 0 Å². The molecule has 1 N–H and O–H groups in total. The van der Waals surface area contributed by atoms with Crippen LogP contribution in [0.1, 0.15) is 50.5 Å². The minimum atomic E-state index is 0.174. The standard InChI is InChI=1S/C20H24N2OS/c1-12-2-3-16-17(4-12)24-19(21-16)22-18(23)11-20-8-13-5-14(9-20)7-15(6-13)10-20/h2-4,13-15H,5-11H2,1H3,(H,21,22,23). The maximum atomic E-state index is 12.7. The van der Waals surface area contributed by atoms with E-state index < -0.39 is 0 Å². The van der Waals surface area contributed by atoms with Gasteiger partial charge in [0, 0.05) is 6.42 Å². The van der Waals surface area contributed by atoms with Crippen molar-refractivity contribution in [1.29, 1.82) is 0 Å². The molecule has 1 aromatic heterocycles. The third-order valence-corrected chi connectivity index (χ3v) is 7.42. The Kier molecular flexibility index (Phi) is 3.28. The van der Waals surface area contributed by atoms with Crippen LogP contribution in [0.15, 0.2) is 18.2 Å². The topological polar surface area (TPSA) is 42.0 Å². The first-order valence-corrected chi connectivity index (χ1v) is 10.1. The van der Waals surface area contributed by atoms with E-state index in [4.69, 9.17) is 0 Å². The monoisotopic (exact) mass is 340 g/mol. The molecule has 126 valence electrons. The summed E-state index contributed by atoms with van der Waals surface area (Å²) in [4.78, 5) is 17.3. The molecule has 1 amide bonds. The Morgan fingerprint density at radius 3 is 2.54 bits per heavy atom. The van der Waals surface area contributed by atoms with E-state index >= 15 is 0 Å². The van der Waals surface area contributed by atoms with Crippen molar-refractivity contribution in [3.8, 4) is 0 Å². The van der Waals surface area contributed by atoms with E-state index in [2.05, 4.69) is 29.4 Å². The molecule has 0 atom stereocenters. The normalized spacial score (nSPS) is 34.0. The number of nitrogens with zero attached hydrogens (tertiary/aromatic N) is 1. The Balaban J connectivity index is 1.31. The number of nitrogens with one attached hydrogen (secondary N) is 1. The molecule has 1 heterocycles. The predicted octanol–water partition coefficient (Wildman–Crippen LogP) is 5.15. The summed E-state index contributed by atoms with van der Waals surface area (Å²) in [6, 6.07) is 6.25. The minimum Gasteiger partial charge on any atom is -0.302 e. The van der Waals surface area contributed by atoms with Crippen LogP contribution in [0.4, 0.5) is 5.13 Å². The molecule has 4 heteroatoms. The quantitative estimate of drug-likeness (QED) is 0.839. The van der Waals surface area contributed by atoms with E-state index in [9.17, 15) is 4.79 Å². The lowest BCUT2D eigenvalue weighted by Crippen LogP contribution is -2.47. The molecule has 3 nitrogen and oxygen atoms in total. The lowest BCUT2D eigenvalue weighted by molar-refractivity contribution is -0.124. The van der Waals surface area contributed by atoms with Gasteiger partial charge in [0.15, 0.2) is 5.13 Å². The van der Waals surface area contributed by atoms with Gasteiger partial charge in [0.2, 0.25) is 5.91 Å². The van der Waals surface area contributed by atoms with Crippen molar-refractivity contribution >= 4 is 32.6 Å². The van der Waals surface area contributed by atoms with Gasteiger partial charge in [-0.3, -0.25) is 4.79 Å². The molecule has 0 radical (unpaired) electrons. The fraction of sp³-hybridized carbons (Fsp3) is 0.600. The van der Waals surface area contributed by atoms with E-state index in [0.717, 1.165) is 33.1 Å². The van der Waals surface area contributed by atoms with Gasteiger partial charge in [-0.2, -0.15) is 0 Å². The second-order valence-electron chi connectivity index (χ2n) is 8.63. The van der Waals surface area contributed by atoms with E-state index in [1.54, 1.807) is 11.3 Å². The van der Waals surface area contributed by atoms with Crippen LogP contribution >= 0.6 is 11.3 Å². The van der Waals surface area contributed by atoms with Crippen LogP contribution in [0.3, 0.4) is 0 Å². The lowest BCUT2D eigenvalue weighted by Gasteiger charge is -2.56. The summed E-state index contributed by atoms with van der Waals surface area (Å²) in [5, 5.41) is 3.85. The van der Waals surface area contributed by atoms with Gasteiger partial charge < -0.3 is 5.32 Å². The first-order valence-electron chi connectivity index (χ1n) is 9.24. The molecule has 0 saturated heterocycles. The van der Waals surface area contributed by atoms with Crippen molar-refractivity contribution in [3.63, 3.8) is 0 Å². The van der Waals surface area contributed by atoms with Crippen LogP contribution in [0.2, 0.25) is 0 Å². The highest BCUT2D eigenvalue weighted by Crippen LogP contribution is 2.61. The minimum absolute atomic E-state index is 0.174. The van der Waals surface area contributed by atoms with Gasteiger partial charge in [0.25, 0.3) is 0 Å². The molecule has 2 aromatic rings. The van der Waals surface area contributed by atoms with Gasteiger partial charge >= 0.3 is 0 Å². The van der Waals surface area contributed by atoms with E-state index in [1.807, 2.05) is 6.07 Å². The highest BCUT2D eigenvalue weighted by molar-refractivity contribution is 7.22. The number of amides is 1. The van der Waals surface area contributed by atoms with E-state index in [-0.39, 0.29) is 5.91 Å². The third kappa shape index (κ3) is 2.55. The number of rotatable bonds is 3. The molecule has 4 aliphatic carbocycles. The van der Waals surface area contributed by atoms with Crippen LogP contribution in [-0.4, -0.2) is 10.9 Å². The first-order chi connectivity index (χ1) is 11.6. The van der Waals surface area contributed by atoms with E-state index in [0.29, 0.717) is 11.8 Å². The lowest BCUT2D eigenvalue weighted by atomic mass is 9.49. The Morgan fingerprint density at radius 1 is 1.21 bits per heavy atom. The van der Waals surface area contributed by atoms with Crippen molar-refractivity contribution in [2.24, 2.45) is 23.2 Å². The molecule has 0 spiro atoms. The Labute approximate surface area is 146 Å². The maximum absolute atomic E-state index is 12.7. The zero-order valence-electron chi connectivity index (χ0n) is 14.2. The summed E-state index contributed by atoms with van der Waals surface area (Å²) in [7, 11) is 0. The average molecular weight is 340 g/mol. The van der Waals surface area contributed by atoms with Crippen molar-refractivity contribution in [1.82, 2.24) is 4.98 Å². The third-order valence-electron chi connectivity index (χ3n) is 6.49. The van der Waals surface area contributed by atoms with Gasteiger partial charge in [-0.05, 0) is 86.3 Å². The van der Waals surface area contributed by atoms with Gasteiger partial charge in [-0.25, -0.2) is 4.98 Å². The summed E-state index contributed by atoms with van der Waals surface area (Å²) in [5.41, 5.74) is 2.51. The number of benzene rings is 1. The average Bonchev–Trinajstić information content (AvgIpc) is 2.85. The molecular weight excluding hydrogens is 316 g/mol. The van der Waals surface area contributed by atoms with Crippen LogP contribution in [0.25, 0.3) is 10.2 Å². The molecule has 0 unspecified atom stereocenters.